The Morgan fingerprint density at radius 1 is 1.19 bits per heavy atom. The van der Waals surface area contributed by atoms with Gasteiger partial charge in [-0.1, -0.05) is 32.1 Å². The van der Waals surface area contributed by atoms with Crippen LogP contribution in [0, 0.1) is 5.82 Å². The predicted molar refractivity (Wildman–Crippen MR) is 123 cm³/mol. The highest BCUT2D eigenvalue weighted by Gasteiger charge is 2.22. The molecule has 0 aromatic heterocycles. The molecule has 0 amide bonds. The van der Waals surface area contributed by atoms with Crippen LogP contribution in [-0.4, -0.2) is 39.5 Å². The molecule has 1 fully saturated rings. The quantitative estimate of drug-likeness (QED) is 0.266. The van der Waals surface area contributed by atoms with Gasteiger partial charge in [-0.15, -0.1) is 0 Å². The van der Waals surface area contributed by atoms with Gasteiger partial charge in [-0.3, -0.25) is 4.79 Å². The van der Waals surface area contributed by atoms with Crippen LogP contribution in [0.2, 0.25) is 0 Å². The molecule has 6 heteroatoms. The van der Waals surface area contributed by atoms with E-state index in [1.165, 1.54) is 18.2 Å². The normalized spacial score (nSPS) is 16.5. The van der Waals surface area contributed by atoms with Crippen molar-refractivity contribution in [2.75, 3.05) is 26.9 Å². The summed E-state index contributed by atoms with van der Waals surface area (Å²) in [7, 11) is 1.57. The van der Waals surface area contributed by atoms with Crippen molar-refractivity contribution in [1.82, 2.24) is 0 Å². The van der Waals surface area contributed by atoms with Gasteiger partial charge in [0.1, 0.15) is 18.7 Å². The minimum atomic E-state index is -0.323. The lowest BCUT2D eigenvalue weighted by molar-refractivity contribution is -0.165. The number of rotatable bonds is 10. The highest BCUT2D eigenvalue weighted by atomic mass is 19.1. The molecule has 0 spiro atoms. The van der Waals surface area contributed by atoms with E-state index in [0.29, 0.717) is 24.7 Å². The number of halogens is 1. The first-order valence-corrected chi connectivity index (χ1v) is 11.0. The fourth-order valence-electron chi connectivity index (χ4n) is 3.85. The zero-order valence-corrected chi connectivity index (χ0v) is 18.9. The van der Waals surface area contributed by atoms with Crippen molar-refractivity contribution in [2.45, 2.75) is 45.3 Å². The smallest absolute Gasteiger partial charge is 0.169 e. The van der Waals surface area contributed by atoms with E-state index in [1.54, 1.807) is 25.3 Å². The molecule has 1 aliphatic heterocycles. The second-order valence-corrected chi connectivity index (χ2v) is 7.96. The fourth-order valence-corrected chi connectivity index (χ4v) is 3.85. The molecular weight excluding hydrogens is 411 g/mol. The third kappa shape index (κ3) is 5.96. The van der Waals surface area contributed by atoms with Gasteiger partial charge in [0.2, 0.25) is 0 Å². The molecule has 0 bridgehead atoms. The molecule has 1 atom stereocenters. The van der Waals surface area contributed by atoms with Crippen LogP contribution in [-0.2, 0) is 14.3 Å². The highest BCUT2D eigenvalue weighted by molar-refractivity contribution is 5.87. The minimum absolute atomic E-state index is 0.153. The average Bonchev–Trinajstić information content (AvgIpc) is 2.81. The molecule has 0 N–H and O–H groups in total. The average molecular weight is 443 g/mol. The SMILES string of the molecule is COc1c(OCCOC2CCCCO2)cc(C(C)C)c(/C=C/C=O)c1-c1ccc(F)cc1. The maximum Gasteiger partial charge on any atom is 0.169 e. The maximum absolute atomic E-state index is 13.6. The Bertz CT molecular complexity index is 915. The summed E-state index contributed by atoms with van der Waals surface area (Å²) in [5.74, 6) is 0.935. The second kappa shape index (κ2) is 11.8. The van der Waals surface area contributed by atoms with Crippen molar-refractivity contribution < 1.29 is 28.1 Å². The number of methoxy groups -OCH3 is 1. The molecule has 1 heterocycles. The number of allylic oxidation sites excluding steroid dienone is 1. The van der Waals surface area contributed by atoms with E-state index in [4.69, 9.17) is 18.9 Å². The van der Waals surface area contributed by atoms with Crippen molar-refractivity contribution in [3.8, 4) is 22.6 Å². The van der Waals surface area contributed by atoms with Gasteiger partial charge >= 0.3 is 0 Å². The van der Waals surface area contributed by atoms with E-state index in [1.807, 2.05) is 6.07 Å². The Kier molecular flexibility index (Phi) is 8.82. The Morgan fingerprint density at radius 3 is 2.59 bits per heavy atom. The summed E-state index contributed by atoms with van der Waals surface area (Å²) in [5, 5.41) is 0. The number of hydrogen-bond donors (Lipinski definition) is 0. The number of benzene rings is 2. The van der Waals surface area contributed by atoms with E-state index in [-0.39, 0.29) is 18.0 Å². The van der Waals surface area contributed by atoms with Crippen LogP contribution in [0.4, 0.5) is 4.39 Å². The summed E-state index contributed by atoms with van der Waals surface area (Å²) >= 11 is 0. The number of carbonyl (C=O) groups is 1. The van der Waals surface area contributed by atoms with Gasteiger partial charge in [-0.25, -0.2) is 4.39 Å². The Morgan fingerprint density at radius 2 is 1.97 bits per heavy atom. The number of ether oxygens (including phenoxy) is 4. The van der Waals surface area contributed by atoms with E-state index in [2.05, 4.69) is 13.8 Å². The van der Waals surface area contributed by atoms with Crippen molar-refractivity contribution in [3.05, 3.63) is 53.4 Å². The zero-order valence-electron chi connectivity index (χ0n) is 18.9. The first-order valence-electron chi connectivity index (χ1n) is 11.0. The third-order valence-corrected chi connectivity index (χ3v) is 5.40. The van der Waals surface area contributed by atoms with Crippen LogP contribution in [0.5, 0.6) is 11.5 Å². The molecule has 0 saturated carbocycles. The highest BCUT2D eigenvalue weighted by Crippen LogP contribution is 2.45. The number of hydrogen-bond acceptors (Lipinski definition) is 5. The fraction of sp³-hybridized carbons (Fsp3) is 0.423. The van der Waals surface area contributed by atoms with E-state index in [9.17, 15) is 9.18 Å². The van der Waals surface area contributed by atoms with Crippen LogP contribution in [0.15, 0.2) is 36.4 Å². The molecule has 1 saturated heterocycles. The number of carbonyl (C=O) groups excluding carboxylic acids is 1. The summed E-state index contributed by atoms with van der Waals surface area (Å²) in [4.78, 5) is 11.1. The summed E-state index contributed by atoms with van der Waals surface area (Å²) in [6.45, 7) is 5.60. The summed E-state index contributed by atoms with van der Waals surface area (Å²) < 4.78 is 36.8. The standard InChI is InChI=1S/C26H31FO5/c1-18(2)22-17-23(30-15-16-32-24-8-4-5-14-31-24)26(29-3)25(21(22)7-6-13-28)19-9-11-20(27)12-10-19/h6-7,9-13,17-18,24H,4-5,8,14-16H2,1-3H3/b7-6+. The van der Waals surface area contributed by atoms with Gasteiger partial charge in [0.25, 0.3) is 0 Å². The first kappa shape index (κ1) is 24.0. The topological polar surface area (TPSA) is 54.0 Å². The Balaban J connectivity index is 1.96. The molecule has 2 aromatic carbocycles. The lowest BCUT2D eigenvalue weighted by Crippen LogP contribution is -2.24. The van der Waals surface area contributed by atoms with Crippen molar-refractivity contribution in [2.24, 2.45) is 0 Å². The lowest BCUT2D eigenvalue weighted by Gasteiger charge is -2.24. The Labute approximate surface area is 189 Å². The van der Waals surface area contributed by atoms with E-state index < -0.39 is 0 Å². The predicted octanol–water partition coefficient (Wildman–Crippen LogP) is 5.76. The van der Waals surface area contributed by atoms with Gasteiger partial charge in [-0.05, 0) is 66.1 Å². The Hall–Kier alpha value is -2.70. The molecule has 1 unspecified atom stereocenters. The summed E-state index contributed by atoms with van der Waals surface area (Å²) in [6, 6.07) is 8.15. The maximum atomic E-state index is 13.6. The van der Waals surface area contributed by atoms with Gasteiger partial charge in [0.15, 0.2) is 17.8 Å². The van der Waals surface area contributed by atoms with Gasteiger partial charge < -0.3 is 18.9 Å². The largest absolute Gasteiger partial charge is 0.492 e. The first-order chi connectivity index (χ1) is 15.5. The van der Waals surface area contributed by atoms with Crippen LogP contribution in [0.25, 0.3) is 17.2 Å². The zero-order chi connectivity index (χ0) is 22.9. The second-order valence-electron chi connectivity index (χ2n) is 7.96. The molecule has 2 aromatic rings. The van der Waals surface area contributed by atoms with Crippen LogP contribution in [0.1, 0.15) is 50.2 Å². The summed E-state index contributed by atoms with van der Waals surface area (Å²) in [5.41, 5.74) is 3.36. The van der Waals surface area contributed by atoms with E-state index in [0.717, 1.165) is 54.4 Å². The van der Waals surface area contributed by atoms with Crippen molar-refractivity contribution in [3.63, 3.8) is 0 Å². The monoisotopic (exact) mass is 442 g/mol. The van der Waals surface area contributed by atoms with Gasteiger partial charge in [-0.2, -0.15) is 0 Å². The minimum Gasteiger partial charge on any atom is -0.492 e. The molecule has 5 nitrogen and oxygen atoms in total. The third-order valence-electron chi connectivity index (χ3n) is 5.40. The number of aldehydes is 1. The van der Waals surface area contributed by atoms with Crippen molar-refractivity contribution >= 4 is 12.4 Å². The van der Waals surface area contributed by atoms with Gasteiger partial charge in [0, 0.05) is 12.2 Å². The van der Waals surface area contributed by atoms with Crippen LogP contribution < -0.4 is 9.47 Å². The lowest BCUT2D eigenvalue weighted by atomic mass is 9.88. The molecule has 172 valence electrons. The molecule has 0 radical (unpaired) electrons. The molecule has 3 rings (SSSR count). The molecule has 0 aliphatic carbocycles. The summed E-state index contributed by atoms with van der Waals surface area (Å²) in [6.07, 6.45) is 6.85. The van der Waals surface area contributed by atoms with Crippen LogP contribution >= 0.6 is 0 Å². The van der Waals surface area contributed by atoms with Gasteiger partial charge in [0.05, 0.1) is 13.7 Å². The van der Waals surface area contributed by atoms with Crippen molar-refractivity contribution in [1.29, 1.82) is 0 Å². The molecule has 32 heavy (non-hydrogen) atoms. The molecule has 1 aliphatic rings. The van der Waals surface area contributed by atoms with Crippen LogP contribution in [0.3, 0.4) is 0 Å². The molecular formula is C26H31FO5. The van der Waals surface area contributed by atoms with E-state index >= 15 is 0 Å².